The normalized spacial score (nSPS) is 12.8. The number of hydrogen-bond acceptors (Lipinski definition) is 10. The van der Waals surface area contributed by atoms with Gasteiger partial charge in [-0.05, 0) is 213 Å². The number of fused-ring (bicyclic) bond motifs is 2. The van der Waals surface area contributed by atoms with Gasteiger partial charge in [0.25, 0.3) is 40.4 Å². The van der Waals surface area contributed by atoms with Gasteiger partial charge in [-0.25, -0.2) is 0 Å². The molecular formula is C123H92N10O6S+6. The highest BCUT2D eigenvalue weighted by Gasteiger charge is 2.35. The van der Waals surface area contributed by atoms with Crippen molar-refractivity contribution in [2.45, 2.75) is 75.0 Å². The van der Waals surface area contributed by atoms with E-state index in [0.29, 0.717) is 40.4 Å². The number of pyridine rings is 9. The molecule has 6 aliphatic rings. The van der Waals surface area contributed by atoms with E-state index in [-0.39, 0.29) is 0 Å². The van der Waals surface area contributed by atoms with Gasteiger partial charge in [-0.3, -0.25) is 15.0 Å². The Morgan fingerprint density at radius 2 is 0.614 bits per heavy atom. The molecule has 0 bridgehead atoms. The first-order chi connectivity index (χ1) is 68.9. The van der Waals surface area contributed by atoms with E-state index in [0.717, 1.165) is 79.1 Å². The van der Waals surface area contributed by atoms with Crippen LogP contribution in [0.3, 0.4) is 0 Å². The Hall–Kier alpha value is -17.4. The predicted molar refractivity (Wildman–Crippen MR) is 558 cm³/mol. The summed E-state index contributed by atoms with van der Waals surface area (Å²) >= 11 is 1.76. The highest BCUT2D eigenvalue weighted by atomic mass is 32.1. The van der Waals surface area contributed by atoms with Gasteiger partial charge in [0.1, 0.15) is 23.0 Å². The van der Waals surface area contributed by atoms with Crippen molar-refractivity contribution in [1.29, 1.82) is 0 Å². The number of nitrogens with zero attached hydrogens (tertiary/aromatic N) is 10. The highest BCUT2D eigenvalue weighted by Crippen LogP contribution is 2.50. The minimum atomic E-state index is 0.536. The van der Waals surface area contributed by atoms with E-state index in [4.69, 9.17) is 28.4 Å². The smallest absolute Gasteiger partial charge is 0.293 e. The molecule has 25 aromatic rings. The van der Waals surface area contributed by atoms with Crippen LogP contribution in [0.1, 0.15) is 28.5 Å². The molecule has 16 nitrogen and oxygen atoms in total. The van der Waals surface area contributed by atoms with Crippen LogP contribution >= 0.6 is 11.3 Å². The number of aromatic nitrogens is 10. The second-order valence-electron chi connectivity index (χ2n) is 36.6. The molecule has 0 unspecified atom stereocenters. The second kappa shape index (κ2) is 33.8. The number of hydrogen-bond donors (Lipinski definition) is 0. The zero-order chi connectivity index (χ0) is 93.5. The molecule has 0 N–H and O–H groups in total. The highest BCUT2D eigenvalue weighted by molar-refractivity contribution is 7.13. The lowest BCUT2D eigenvalue weighted by atomic mass is 9.96. The fourth-order valence-electron chi connectivity index (χ4n) is 21.6. The monoisotopic (exact) mass is 1840 g/mol. The van der Waals surface area contributed by atoms with Crippen LogP contribution in [0.2, 0.25) is 0 Å². The molecule has 31 rings (SSSR count). The molecule has 14 aromatic carbocycles. The number of aryl methyl sites for hydroxylation is 6. The maximum absolute atomic E-state index is 6.34. The average molecular weight is 1840 g/mol. The van der Waals surface area contributed by atoms with Gasteiger partial charge in [0.2, 0.25) is 38.6 Å². The van der Waals surface area contributed by atoms with Crippen LogP contribution in [-0.4, -0.2) is 19.5 Å². The summed E-state index contributed by atoms with van der Waals surface area (Å²) in [6.07, 6.45) is 11.2. The lowest BCUT2D eigenvalue weighted by Crippen LogP contribution is -2.42. The number of para-hydroxylation sites is 1. The third-order valence-corrected chi connectivity index (χ3v) is 29.6. The van der Waals surface area contributed by atoms with Crippen molar-refractivity contribution in [2.24, 2.45) is 7.05 Å². The summed E-state index contributed by atoms with van der Waals surface area (Å²) in [5, 5.41) is 25.4. The van der Waals surface area contributed by atoms with Gasteiger partial charge in [0.05, 0.1) is 43.7 Å². The van der Waals surface area contributed by atoms with Crippen LogP contribution in [0, 0.1) is 34.6 Å². The third-order valence-electron chi connectivity index (χ3n) is 28.7. The standard InChI is InChI=1S/C24H16NO.C20H17N2O.3C20H15N2O.C19H14NOS/c1-2-6-16(7-3-1)20-13-12-17-10-11-19-14-18-8-4-5-9-21(18)25-15-26-24(20)22(17)23(19)25;1-13-5-6-15-8-7-14-9-10-16(17-4-3-11-21(17)2)20-18(14)19(15)22(13)12-23-20;1-13-2-3-16-5-4-15-6-7-17(14-8-10-21-11-9-14)20-18(15)19(16)22(13)12-23-20;1-13-4-5-15-7-6-14-8-9-17(16-3-2-10-21-11-16)20-18(14)19(15)22(13)12-23-20;1-13-5-6-15-8-7-14-9-10-16(17-4-2-3-11-21-17)20-18(14)19(15)22(13)12-23-20;1-12-4-5-14-7-6-13-8-9-15(16-3-2-10-22-16)19-17(13)18(14)20(12)11-21-19/h1-14H,15H2;3-11H,12H2,1-2H3;3*2-11H,12H2,1H3;2-10H,11H2,1H3/q6*+1. The molecule has 0 atom stereocenters. The number of benzene rings is 14. The molecule has 6 aliphatic heterocycles. The molecule has 140 heavy (non-hydrogen) atoms. The summed E-state index contributed by atoms with van der Waals surface area (Å²) in [7, 11) is 2.07. The minimum Gasteiger partial charge on any atom is -0.434 e. The lowest BCUT2D eigenvalue weighted by Gasteiger charge is -2.19. The van der Waals surface area contributed by atoms with E-state index in [9.17, 15) is 0 Å². The Kier molecular flexibility index (Phi) is 20.1. The van der Waals surface area contributed by atoms with E-state index >= 15 is 0 Å². The largest absolute Gasteiger partial charge is 0.434 e. The van der Waals surface area contributed by atoms with Crippen molar-refractivity contribution in [1.82, 2.24) is 19.5 Å². The van der Waals surface area contributed by atoms with Crippen LogP contribution in [0.5, 0.6) is 34.5 Å². The van der Waals surface area contributed by atoms with Crippen molar-refractivity contribution >= 4 is 152 Å². The summed E-state index contributed by atoms with van der Waals surface area (Å²) in [6.45, 7) is 14.0. The second-order valence-corrected chi connectivity index (χ2v) is 37.5. The van der Waals surface area contributed by atoms with Gasteiger partial charge < -0.3 is 33.0 Å². The number of ether oxygens (including phenoxy) is 6. The Balaban J connectivity index is 0.0000000865. The van der Waals surface area contributed by atoms with Crippen LogP contribution in [-0.2, 0) is 47.4 Å². The predicted octanol–water partition coefficient (Wildman–Crippen LogP) is 26.1. The summed E-state index contributed by atoms with van der Waals surface area (Å²) in [5.41, 5.74) is 27.2. The Labute approximate surface area is 809 Å². The first-order valence-electron chi connectivity index (χ1n) is 47.4. The number of rotatable bonds is 6. The molecule has 11 aromatic heterocycles. The van der Waals surface area contributed by atoms with Crippen molar-refractivity contribution in [2.75, 3.05) is 0 Å². The van der Waals surface area contributed by atoms with Crippen LogP contribution in [0.15, 0.2) is 376 Å². The topological polar surface area (TPSA) is 122 Å². The summed E-state index contributed by atoms with van der Waals surface area (Å²) < 4.78 is 53.0. The molecule has 0 radical (unpaired) electrons. The third kappa shape index (κ3) is 13.8. The maximum atomic E-state index is 6.34. The van der Waals surface area contributed by atoms with Crippen molar-refractivity contribution in [3.8, 4) is 101 Å². The van der Waals surface area contributed by atoms with Gasteiger partial charge in [-0.15, -0.1) is 11.3 Å². The maximum Gasteiger partial charge on any atom is 0.293 e. The molecule has 0 fully saturated rings. The quantitative estimate of drug-likeness (QED) is 0.0910. The van der Waals surface area contributed by atoms with Crippen LogP contribution in [0.4, 0.5) is 0 Å². The first-order valence-corrected chi connectivity index (χ1v) is 48.3. The molecule has 0 saturated carbocycles. The van der Waals surface area contributed by atoms with Gasteiger partial charge in [-0.2, -0.15) is 27.4 Å². The molecule has 0 spiro atoms. The van der Waals surface area contributed by atoms with Gasteiger partial charge in [0.15, 0.2) is 40.0 Å². The molecule has 17 heterocycles. The zero-order valence-electron chi connectivity index (χ0n) is 77.9. The Bertz CT molecular complexity index is 9060. The Morgan fingerprint density at radius 1 is 0.257 bits per heavy atom. The molecule has 0 amide bonds. The van der Waals surface area contributed by atoms with Crippen molar-refractivity contribution < 1.29 is 55.8 Å². The fourth-order valence-corrected chi connectivity index (χ4v) is 22.4. The molecule has 0 aliphatic carbocycles. The Morgan fingerprint density at radius 3 is 1.04 bits per heavy atom. The van der Waals surface area contributed by atoms with E-state index in [2.05, 4.69) is 391 Å². The SMILES string of the molecule is Cc1ccc2ccc3ccc(-c4ccccn4)c4c3c2[n+]1CO4.Cc1ccc2ccc3ccc(-c4cccn4C)c4c3c2[n+]1CO4.Cc1ccc2ccc3ccc(-c4cccnc4)c4c3c2[n+]1CO4.Cc1ccc2ccc3ccc(-c4cccs4)c4c3c2[n+]1CO4.Cc1ccc2ccc3ccc(-c4ccncc4)c4c3c2[n+]1CO4.c1ccc(-c2ccc3ccc4cc5ccccc5[n+]5c4c3c2OC5)cc1. The molecule has 17 heteroatoms. The van der Waals surface area contributed by atoms with Gasteiger partial charge >= 0.3 is 0 Å². The van der Waals surface area contributed by atoms with E-state index in [1.54, 1.807) is 17.5 Å². The molecular weight excluding hydrogens is 1750 g/mol. The van der Waals surface area contributed by atoms with E-state index in [1.165, 1.54) is 191 Å². The molecule has 670 valence electrons. The van der Waals surface area contributed by atoms with Gasteiger partial charge in [0, 0.05) is 197 Å². The van der Waals surface area contributed by atoms with Crippen LogP contribution < -0.4 is 55.8 Å². The first kappa shape index (κ1) is 83.2. The summed E-state index contributed by atoms with van der Waals surface area (Å²) in [5.74, 6) is 5.90. The zero-order valence-corrected chi connectivity index (χ0v) is 78.7. The summed E-state index contributed by atoms with van der Waals surface area (Å²) in [4.78, 5) is 14.1. The van der Waals surface area contributed by atoms with Crippen LogP contribution in [0.25, 0.3) is 207 Å². The minimum absolute atomic E-state index is 0.536. The van der Waals surface area contributed by atoms with Crippen molar-refractivity contribution in [3.05, 3.63) is 405 Å². The summed E-state index contributed by atoms with van der Waals surface area (Å²) in [6, 6.07) is 118. The van der Waals surface area contributed by atoms with E-state index in [1.807, 2.05) is 67.3 Å². The van der Waals surface area contributed by atoms with Gasteiger partial charge in [-0.1, -0.05) is 133 Å². The lowest BCUT2D eigenvalue weighted by molar-refractivity contribution is -0.707. The average Bonchev–Trinajstić information content (AvgIpc) is 0.779. The van der Waals surface area contributed by atoms with E-state index < -0.39 is 0 Å². The van der Waals surface area contributed by atoms with Crippen molar-refractivity contribution in [3.63, 3.8) is 0 Å². The fraction of sp³-hybridized carbons (Fsp3) is 0.0976. The number of thiophene rings is 1. The molecule has 0 saturated heterocycles.